The summed E-state index contributed by atoms with van der Waals surface area (Å²) in [5.74, 6) is -0.334. The Morgan fingerprint density at radius 1 is 1.25 bits per heavy atom. The van der Waals surface area contributed by atoms with Crippen LogP contribution in [0.25, 0.3) is 10.9 Å². The van der Waals surface area contributed by atoms with Gasteiger partial charge >= 0.3 is 5.97 Å². The maximum Gasteiger partial charge on any atom is 0.341 e. The maximum absolute atomic E-state index is 12.4. The lowest BCUT2D eigenvalue weighted by atomic mass is 10.1. The zero-order chi connectivity index (χ0) is 17.1. The van der Waals surface area contributed by atoms with Crippen molar-refractivity contribution >= 4 is 34.2 Å². The smallest absolute Gasteiger partial charge is 0.341 e. The number of carbonyl (C=O) groups excluding carboxylic acids is 1. The molecule has 1 aliphatic heterocycles. The van der Waals surface area contributed by atoms with Crippen molar-refractivity contribution in [3.8, 4) is 0 Å². The van der Waals surface area contributed by atoms with Gasteiger partial charge in [-0.3, -0.25) is 4.98 Å². The molecule has 0 aliphatic carbocycles. The van der Waals surface area contributed by atoms with Gasteiger partial charge in [0, 0.05) is 37.8 Å². The predicted molar refractivity (Wildman–Crippen MR) is 97.0 cm³/mol. The lowest BCUT2D eigenvalue weighted by Crippen LogP contribution is -2.46. The number of nitrogens with zero attached hydrogens (tertiary/aromatic N) is 3. The Labute approximate surface area is 147 Å². The fourth-order valence-corrected chi connectivity index (χ4v) is 3.38. The van der Waals surface area contributed by atoms with Gasteiger partial charge in [-0.2, -0.15) is 0 Å². The minimum Gasteiger partial charge on any atom is -0.462 e. The summed E-state index contributed by atoms with van der Waals surface area (Å²) in [6.45, 7) is 9.05. The van der Waals surface area contributed by atoms with Crippen LogP contribution in [-0.4, -0.2) is 55.2 Å². The molecule has 2 heterocycles. The summed E-state index contributed by atoms with van der Waals surface area (Å²) in [6.07, 6.45) is 1.59. The van der Waals surface area contributed by atoms with Crippen LogP contribution in [0.2, 0.25) is 5.02 Å². The van der Waals surface area contributed by atoms with Gasteiger partial charge in [0.15, 0.2) is 0 Å². The molecule has 0 amide bonds. The minimum absolute atomic E-state index is 0.334. The van der Waals surface area contributed by atoms with E-state index in [9.17, 15) is 4.79 Å². The van der Waals surface area contributed by atoms with Crippen LogP contribution >= 0.6 is 11.6 Å². The highest BCUT2D eigenvalue weighted by Crippen LogP contribution is 2.34. The molecule has 1 aliphatic rings. The third-order valence-corrected chi connectivity index (χ3v) is 4.76. The van der Waals surface area contributed by atoms with E-state index in [-0.39, 0.29) is 5.97 Å². The number of hydrogen-bond donors (Lipinski definition) is 0. The molecule has 0 saturated carbocycles. The van der Waals surface area contributed by atoms with E-state index in [1.54, 1.807) is 6.20 Å². The molecule has 1 aromatic heterocycles. The number of para-hydroxylation sites is 1. The first kappa shape index (κ1) is 17.0. The number of halogens is 1. The van der Waals surface area contributed by atoms with E-state index in [1.165, 1.54) is 0 Å². The second-order valence-corrected chi connectivity index (χ2v) is 6.21. The first-order valence-electron chi connectivity index (χ1n) is 8.37. The summed E-state index contributed by atoms with van der Waals surface area (Å²) in [4.78, 5) is 21.5. The van der Waals surface area contributed by atoms with E-state index >= 15 is 0 Å². The van der Waals surface area contributed by atoms with Gasteiger partial charge in [-0.1, -0.05) is 30.7 Å². The molecule has 5 nitrogen and oxygen atoms in total. The highest BCUT2D eigenvalue weighted by atomic mass is 35.5. The van der Waals surface area contributed by atoms with Gasteiger partial charge in [0.25, 0.3) is 0 Å². The normalized spacial score (nSPS) is 15.7. The van der Waals surface area contributed by atoms with Gasteiger partial charge < -0.3 is 14.5 Å². The lowest BCUT2D eigenvalue weighted by molar-refractivity contribution is 0.0526. The second kappa shape index (κ2) is 7.36. The third-order valence-electron chi connectivity index (χ3n) is 4.45. The molecule has 0 atom stereocenters. The van der Waals surface area contributed by atoms with E-state index in [2.05, 4.69) is 21.7 Å². The van der Waals surface area contributed by atoms with Crippen LogP contribution in [0.1, 0.15) is 24.2 Å². The van der Waals surface area contributed by atoms with Gasteiger partial charge in [-0.25, -0.2) is 4.79 Å². The van der Waals surface area contributed by atoms with Crippen LogP contribution in [0.5, 0.6) is 0 Å². The maximum atomic E-state index is 12.4. The third kappa shape index (κ3) is 3.19. The highest BCUT2D eigenvalue weighted by Gasteiger charge is 2.24. The van der Waals surface area contributed by atoms with Gasteiger partial charge in [0.1, 0.15) is 5.56 Å². The molecule has 0 bridgehead atoms. The molecular formula is C18H22ClN3O2. The van der Waals surface area contributed by atoms with Gasteiger partial charge in [-0.15, -0.1) is 0 Å². The van der Waals surface area contributed by atoms with E-state index in [4.69, 9.17) is 16.3 Å². The molecular weight excluding hydrogens is 326 g/mol. The largest absolute Gasteiger partial charge is 0.462 e. The van der Waals surface area contributed by atoms with Crippen LogP contribution in [0.4, 0.5) is 5.69 Å². The number of carbonyl (C=O) groups is 1. The average molecular weight is 348 g/mol. The second-order valence-electron chi connectivity index (χ2n) is 5.80. The molecule has 1 aromatic carbocycles. The topological polar surface area (TPSA) is 45.7 Å². The Kier molecular flexibility index (Phi) is 5.21. The predicted octanol–water partition coefficient (Wildman–Crippen LogP) is 3.21. The Morgan fingerprint density at radius 2 is 2.00 bits per heavy atom. The van der Waals surface area contributed by atoms with E-state index in [0.29, 0.717) is 17.2 Å². The number of esters is 1. The number of anilines is 1. The molecule has 0 spiro atoms. The van der Waals surface area contributed by atoms with Crippen molar-refractivity contribution in [3.63, 3.8) is 0 Å². The molecule has 1 saturated heterocycles. The van der Waals surface area contributed by atoms with Crippen LogP contribution in [0.3, 0.4) is 0 Å². The first-order chi connectivity index (χ1) is 11.7. The fourth-order valence-electron chi connectivity index (χ4n) is 3.16. The number of ether oxygens (including phenoxy) is 1. The first-order valence-corrected chi connectivity index (χ1v) is 8.75. The number of pyridine rings is 1. The summed E-state index contributed by atoms with van der Waals surface area (Å²) >= 11 is 6.30. The van der Waals surface area contributed by atoms with Crippen molar-refractivity contribution in [2.75, 3.05) is 44.2 Å². The van der Waals surface area contributed by atoms with Crippen molar-refractivity contribution in [3.05, 3.63) is 35.0 Å². The quantitative estimate of drug-likeness (QED) is 0.795. The number of piperazine rings is 1. The lowest BCUT2D eigenvalue weighted by Gasteiger charge is -2.36. The molecule has 128 valence electrons. The zero-order valence-corrected chi connectivity index (χ0v) is 14.8. The molecule has 1 fully saturated rings. The van der Waals surface area contributed by atoms with Crippen LogP contribution in [0.15, 0.2) is 24.4 Å². The number of hydrogen-bond acceptors (Lipinski definition) is 5. The molecule has 0 unspecified atom stereocenters. The number of likely N-dealkylation sites (N-methyl/N-ethyl adjacent to an activating group) is 1. The Bertz CT molecular complexity index is 742. The highest BCUT2D eigenvalue weighted by molar-refractivity contribution is 6.35. The number of benzene rings is 1. The summed E-state index contributed by atoms with van der Waals surface area (Å²) < 4.78 is 5.23. The van der Waals surface area contributed by atoms with E-state index < -0.39 is 0 Å². The van der Waals surface area contributed by atoms with Gasteiger partial charge in [0.05, 0.1) is 22.8 Å². The van der Waals surface area contributed by atoms with Crippen molar-refractivity contribution in [1.82, 2.24) is 9.88 Å². The minimum atomic E-state index is -0.334. The van der Waals surface area contributed by atoms with E-state index in [1.807, 2.05) is 25.1 Å². The molecule has 0 N–H and O–H groups in total. The van der Waals surface area contributed by atoms with Crippen molar-refractivity contribution in [1.29, 1.82) is 0 Å². The SMILES string of the molecule is CCOC(=O)c1cnc2c(Cl)cccc2c1N1CCN(CC)CC1. The van der Waals surface area contributed by atoms with Crippen LogP contribution < -0.4 is 4.90 Å². The number of aromatic nitrogens is 1. The summed E-state index contributed by atoms with van der Waals surface area (Å²) in [5, 5.41) is 1.49. The molecule has 6 heteroatoms. The molecule has 2 aromatic rings. The Hall–Kier alpha value is -1.85. The van der Waals surface area contributed by atoms with Crippen LogP contribution in [0, 0.1) is 0 Å². The van der Waals surface area contributed by atoms with Gasteiger partial charge in [-0.05, 0) is 19.5 Å². The Morgan fingerprint density at radius 3 is 2.67 bits per heavy atom. The molecule has 24 heavy (non-hydrogen) atoms. The average Bonchev–Trinajstić information content (AvgIpc) is 2.61. The summed E-state index contributed by atoms with van der Waals surface area (Å²) in [6, 6.07) is 5.69. The van der Waals surface area contributed by atoms with Crippen molar-refractivity contribution < 1.29 is 9.53 Å². The van der Waals surface area contributed by atoms with Crippen molar-refractivity contribution in [2.45, 2.75) is 13.8 Å². The van der Waals surface area contributed by atoms with Crippen molar-refractivity contribution in [2.24, 2.45) is 0 Å². The number of rotatable bonds is 4. The van der Waals surface area contributed by atoms with Gasteiger partial charge in [0.2, 0.25) is 0 Å². The summed E-state index contributed by atoms with van der Waals surface area (Å²) in [5.41, 5.74) is 2.12. The molecule has 0 radical (unpaired) electrons. The standard InChI is InChI=1S/C18H22ClN3O2/c1-3-21-8-10-22(11-9-21)17-13-6-5-7-15(19)16(13)20-12-14(17)18(23)24-4-2/h5-7,12H,3-4,8-11H2,1-2H3. The zero-order valence-electron chi connectivity index (χ0n) is 14.1. The summed E-state index contributed by atoms with van der Waals surface area (Å²) in [7, 11) is 0. The number of fused-ring (bicyclic) bond motifs is 1. The van der Waals surface area contributed by atoms with E-state index in [0.717, 1.165) is 49.3 Å². The molecule has 3 rings (SSSR count). The monoisotopic (exact) mass is 347 g/mol. The fraction of sp³-hybridized carbons (Fsp3) is 0.444. The Balaban J connectivity index is 2.09. The van der Waals surface area contributed by atoms with Crippen LogP contribution in [-0.2, 0) is 4.74 Å².